The summed E-state index contributed by atoms with van der Waals surface area (Å²) in [6.45, 7) is 0.492. The summed E-state index contributed by atoms with van der Waals surface area (Å²) in [6, 6.07) is 3.30. The highest BCUT2D eigenvalue weighted by molar-refractivity contribution is 5.90. The summed E-state index contributed by atoms with van der Waals surface area (Å²) in [4.78, 5) is 26.6. The fraction of sp³-hybridized carbons (Fsp3) is 0.579. The van der Waals surface area contributed by atoms with Gasteiger partial charge in [-0.15, -0.1) is 0 Å². The standard InChI is InChI=1S/C19H23F2NO4/c1-26-12-18(17(24)25)6-3-9-22(11-18)16(23)19(7-2-8-19)14-5-4-13(20)10-15(14)21/h4-5,10H,2-3,6-9,11-12H2,1H3,(H,24,25). The lowest BCUT2D eigenvalue weighted by atomic mass is 9.63. The van der Waals surface area contributed by atoms with Crippen LogP contribution in [0.2, 0.25) is 0 Å². The molecule has 1 N–H and O–H groups in total. The minimum atomic E-state index is -1.14. The fourth-order valence-electron chi connectivity index (χ4n) is 4.24. The Labute approximate surface area is 150 Å². The molecule has 1 aromatic carbocycles. The van der Waals surface area contributed by atoms with Gasteiger partial charge in [-0.05, 0) is 31.7 Å². The number of hydrogen-bond donors (Lipinski definition) is 1. The van der Waals surface area contributed by atoms with Crippen LogP contribution >= 0.6 is 0 Å². The Hall–Kier alpha value is -2.02. The van der Waals surface area contributed by atoms with Crippen molar-refractivity contribution in [3.05, 3.63) is 35.4 Å². The molecule has 0 bridgehead atoms. The molecule has 1 unspecified atom stereocenters. The molecule has 0 aromatic heterocycles. The van der Waals surface area contributed by atoms with Crippen LogP contribution in [-0.2, 0) is 19.7 Å². The number of carboxylic acids is 1. The number of likely N-dealkylation sites (tertiary alicyclic amines) is 1. The monoisotopic (exact) mass is 367 g/mol. The van der Waals surface area contributed by atoms with Crippen LogP contribution in [0.1, 0.15) is 37.7 Å². The number of aliphatic carboxylic acids is 1. The van der Waals surface area contributed by atoms with Crippen LogP contribution in [-0.4, -0.2) is 48.7 Å². The number of methoxy groups -OCH3 is 1. The normalized spacial score (nSPS) is 24.8. The van der Waals surface area contributed by atoms with Crippen molar-refractivity contribution in [2.75, 3.05) is 26.8 Å². The molecule has 142 valence electrons. The van der Waals surface area contributed by atoms with E-state index < -0.39 is 28.4 Å². The number of hydrogen-bond acceptors (Lipinski definition) is 3. The lowest BCUT2D eigenvalue weighted by Crippen LogP contribution is -2.58. The van der Waals surface area contributed by atoms with E-state index in [-0.39, 0.29) is 24.6 Å². The van der Waals surface area contributed by atoms with E-state index in [1.54, 1.807) is 0 Å². The first-order valence-electron chi connectivity index (χ1n) is 8.82. The number of carbonyl (C=O) groups is 2. The van der Waals surface area contributed by atoms with Crippen molar-refractivity contribution in [3.8, 4) is 0 Å². The maximum atomic E-state index is 14.4. The molecule has 3 rings (SSSR count). The average molecular weight is 367 g/mol. The maximum Gasteiger partial charge on any atom is 0.313 e. The number of carboxylic acid groups (broad SMARTS) is 1. The minimum absolute atomic E-state index is 0.0179. The summed E-state index contributed by atoms with van der Waals surface area (Å²) in [5.41, 5.74) is -1.96. The van der Waals surface area contributed by atoms with E-state index >= 15 is 0 Å². The third-order valence-corrected chi connectivity index (χ3v) is 5.80. The minimum Gasteiger partial charge on any atom is -0.481 e. The van der Waals surface area contributed by atoms with Gasteiger partial charge >= 0.3 is 5.97 Å². The molecule has 1 aromatic rings. The second-order valence-electron chi connectivity index (χ2n) is 7.41. The predicted molar refractivity (Wildman–Crippen MR) is 89.6 cm³/mol. The van der Waals surface area contributed by atoms with E-state index in [4.69, 9.17) is 4.74 Å². The number of nitrogens with zero attached hydrogens (tertiary/aromatic N) is 1. The highest BCUT2D eigenvalue weighted by atomic mass is 19.1. The van der Waals surface area contributed by atoms with Gasteiger partial charge in [-0.3, -0.25) is 9.59 Å². The average Bonchev–Trinajstić information content (AvgIpc) is 2.56. The van der Waals surface area contributed by atoms with Crippen LogP contribution in [0.15, 0.2) is 18.2 Å². The van der Waals surface area contributed by atoms with E-state index in [0.717, 1.165) is 18.6 Å². The Morgan fingerprint density at radius 3 is 2.50 bits per heavy atom. The van der Waals surface area contributed by atoms with E-state index in [0.29, 0.717) is 32.2 Å². The number of ether oxygens (including phenoxy) is 1. The van der Waals surface area contributed by atoms with Crippen LogP contribution in [0.5, 0.6) is 0 Å². The zero-order valence-electron chi connectivity index (χ0n) is 14.8. The van der Waals surface area contributed by atoms with Crippen LogP contribution < -0.4 is 0 Å². The Morgan fingerprint density at radius 2 is 1.96 bits per heavy atom. The Bertz CT molecular complexity index is 715. The summed E-state index contributed by atoms with van der Waals surface area (Å²) in [7, 11) is 1.44. The van der Waals surface area contributed by atoms with Crippen molar-refractivity contribution in [2.45, 2.75) is 37.5 Å². The summed E-state index contributed by atoms with van der Waals surface area (Å²) in [6.07, 6.45) is 2.71. The first-order chi connectivity index (χ1) is 12.3. The molecule has 1 heterocycles. The van der Waals surface area contributed by atoms with Gasteiger partial charge in [-0.1, -0.05) is 12.5 Å². The molecule has 0 spiro atoms. The van der Waals surface area contributed by atoms with Gasteiger partial charge in [0, 0.05) is 31.8 Å². The Balaban J connectivity index is 1.90. The second kappa shape index (κ2) is 6.95. The Morgan fingerprint density at radius 1 is 1.23 bits per heavy atom. The van der Waals surface area contributed by atoms with Crippen molar-refractivity contribution < 1.29 is 28.2 Å². The molecular formula is C19H23F2NO4. The second-order valence-corrected chi connectivity index (χ2v) is 7.41. The van der Waals surface area contributed by atoms with Crippen molar-refractivity contribution in [1.82, 2.24) is 4.90 Å². The van der Waals surface area contributed by atoms with Gasteiger partial charge in [0.15, 0.2) is 0 Å². The zero-order chi connectivity index (χ0) is 18.9. The van der Waals surface area contributed by atoms with Crippen molar-refractivity contribution in [1.29, 1.82) is 0 Å². The molecule has 2 aliphatic rings. The number of amides is 1. The van der Waals surface area contributed by atoms with Crippen molar-refractivity contribution >= 4 is 11.9 Å². The smallest absolute Gasteiger partial charge is 0.313 e. The van der Waals surface area contributed by atoms with E-state index in [9.17, 15) is 23.5 Å². The molecule has 1 saturated carbocycles. The first kappa shape index (κ1) is 18.8. The highest BCUT2D eigenvalue weighted by Crippen LogP contribution is 2.47. The van der Waals surface area contributed by atoms with Crippen molar-refractivity contribution in [3.63, 3.8) is 0 Å². The van der Waals surface area contributed by atoms with Gasteiger partial charge in [-0.2, -0.15) is 0 Å². The molecule has 0 radical (unpaired) electrons. The molecule has 2 fully saturated rings. The highest BCUT2D eigenvalue weighted by Gasteiger charge is 2.52. The summed E-state index contributed by atoms with van der Waals surface area (Å²) in [5, 5.41) is 9.67. The lowest BCUT2D eigenvalue weighted by Gasteiger charge is -2.47. The van der Waals surface area contributed by atoms with Crippen LogP contribution in [0.25, 0.3) is 0 Å². The quantitative estimate of drug-likeness (QED) is 0.869. The molecule has 1 amide bonds. The predicted octanol–water partition coefficient (Wildman–Crippen LogP) is 2.73. The summed E-state index contributed by atoms with van der Waals surface area (Å²) >= 11 is 0. The van der Waals surface area contributed by atoms with Crippen LogP contribution in [0, 0.1) is 17.0 Å². The number of benzene rings is 1. The van der Waals surface area contributed by atoms with E-state index in [1.807, 2.05) is 0 Å². The van der Waals surface area contributed by atoms with Gasteiger partial charge in [0.05, 0.1) is 12.0 Å². The molecule has 1 atom stereocenters. The molecule has 1 aliphatic heterocycles. The van der Waals surface area contributed by atoms with Gasteiger partial charge < -0.3 is 14.7 Å². The first-order valence-corrected chi connectivity index (χ1v) is 8.82. The van der Waals surface area contributed by atoms with Crippen LogP contribution in [0.3, 0.4) is 0 Å². The number of halogens is 2. The zero-order valence-corrected chi connectivity index (χ0v) is 14.8. The van der Waals surface area contributed by atoms with Gasteiger partial charge in [0.1, 0.15) is 17.0 Å². The maximum absolute atomic E-state index is 14.4. The molecule has 26 heavy (non-hydrogen) atoms. The van der Waals surface area contributed by atoms with E-state index in [2.05, 4.69) is 0 Å². The van der Waals surface area contributed by atoms with Gasteiger partial charge in [-0.25, -0.2) is 8.78 Å². The topological polar surface area (TPSA) is 66.8 Å². The largest absolute Gasteiger partial charge is 0.481 e. The van der Waals surface area contributed by atoms with Crippen LogP contribution in [0.4, 0.5) is 8.78 Å². The number of piperidine rings is 1. The molecule has 1 aliphatic carbocycles. The van der Waals surface area contributed by atoms with Gasteiger partial charge in [0.2, 0.25) is 5.91 Å². The van der Waals surface area contributed by atoms with E-state index in [1.165, 1.54) is 18.1 Å². The van der Waals surface area contributed by atoms with Crippen molar-refractivity contribution in [2.24, 2.45) is 5.41 Å². The lowest BCUT2D eigenvalue weighted by molar-refractivity contribution is -0.161. The SMILES string of the molecule is COCC1(C(=O)O)CCCN(C(=O)C2(c3ccc(F)cc3F)CCC2)C1. The molecular weight excluding hydrogens is 344 g/mol. The third-order valence-electron chi connectivity index (χ3n) is 5.80. The van der Waals surface area contributed by atoms with Gasteiger partial charge in [0.25, 0.3) is 0 Å². The molecule has 1 saturated heterocycles. The Kier molecular flexibility index (Phi) is 5.01. The molecule has 5 nitrogen and oxygen atoms in total. The summed E-state index contributed by atoms with van der Waals surface area (Å²) in [5.74, 6) is -2.67. The fourth-order valence-corrected chi connectivity index (χ4v) is 4.24. The summed E-state index contributed by atoms with van der Waals surface area (Å²) < 4.78 is 32.7. The number of carbonyl (C=O) groups excluding carboxylic acids is 1. The number of rotatable bonds is 5. The third kappa shape index (κ3) is 2.98. The molecule has 7 heteroatoms.